The molecular formula is C14H18N4O3S. The third-order valence-electron chi connectivity index (χ3n) is 2.93. The minimum Gasteiger partial charge on any atom is -0.493 e. The predicted octanol–water partition coefficient (Wildman–Crippen LogP) is 1.51. The van der Waals surface area contributed by atoms with Crippen LogP contribution in [0.5, 0.6) is 11.5 Å². The molecule has 1 aromatic carbocycles. The summed E-state index contributed by atoms with van der Waals surface area (Å²) >= 11 is 1.33. The lowest BCUT2D eigenvalue weighted by Crippen LogP contribution is -2.13. The highest BCUT2D eigenvalue weighted by molar-refractivity contribution is 8.13. The van der Waals surface area contributed by atoms with Gasteiger partial charge in [0.05, 0.1) is 30.9 Å². The Bertz CT molecular complexity index is 758. The number of ether oxygens (including phenoxy) is 2. The second kappa shape index (κ2) is 7.17. The number of nitrogens with zero attached hydrogens (tertiary/aromatic N) is 2. The van der Waals surface area contributed by atoms with Crippen molar-refractivity contribution in [2.24, 2.45) is 10.7 Å². The Morgan fingerprint density at radius 1 is 1.36 bits per heavy atom. The quantitative estimate of drug-likeness (QED) is 0.639. The van der Waals surface area contributed by atoms with Gasteiger partial charge in [0.25, 0.3) is 5.56 Å². The van der Waals surface area contributed by atoms with Crippen LogP contribution in [0, 0.1) is 0 Å². The van der Waals surface area contributed by atoms with Crippen molar-refractivity contribution < 1.29 is 9.47 Å². The fourth-order valence-corrected chi connectivity index (χ4v) is 2.57. The lowest BCUT2D eigenvalue weighted by Gasteiger charge is -2.09. The van der Waals surface area contributed by atoms with E-state index in [1.54, 1.807) is 12.1 Å². The van der Waals surface area contributed by atoms with Gasteiger partial charge in [0, 0.05) is 12.6 Å². The highest BCUT2D eigenvalue weighted by Crippen LogP contribution is 2.30. The van der Waals surface area contributed by atoms with Crippen LogP contribution in [-0.2, 0) is 5.75 Å². The number of aromatic nitrogens is 2. The average Bonchev–Trinajstić information content (AvgIpc) is 2.52. The minimum absolute atomic E-state index is 0.229. The van der Waals surface area contributed by atoms with Gasteiger partial charge in [0.15, 0.2) is 16.7 Å². The number of benzene rings is 1. The standard InChI is InChI=1S/C14H18N4O3S/c1-4-16-14(15)22-7-12-17-9-6-11(21-3)10(20-2)5-8(9)13(19)18-12/h5-6H,4,7H2,1-3H3,(H2,15,16)(H,17,18,19). The Kier molecular flexibility index (Phi) is 5.26. The first-order valence-corrected chi connectivity index (χ1v) is 7.65. The van der Waals surface area contributed by atoms with Gasteiger partial charge in [-0.3, -0.25) is 9.79 Å². The molecule has 0 unspecified atom stereocenters. The van der Waals surface area contributed by atoms with E-state index in [9.17, 15) is 4.79 Å². The van der Waals surface area contributed by atoms with Crippen LogP contribution in [-0.4, -0.2) is 35.9 Å². The molecular weight excluding hydrogens is 304 g/mol. The molecule has 0 atom stereocenters. The highest BCUT2D eigenvalue weighted by Gasteiger charge is 2.11. The van der Waals surface area contributed by atoms with E-state index >= 15 is 0 Å². The van der Waals surface area contributed by atoms with E-state index in [2.05, 4.69) is 15.0 Å². The smallest absolute Gasteiger partial charge is 0.258 e. The molecule has 0 aliphatic carbocycles. The van der Waals surface area contributed by atoms with E-state index in [-0.39, 0.29) is 5.56 Å². The van der Waals surface area contributed by atoms with Crippen molar-refractivity contribution in [1.29, 1.82) is 0 Å². The predicted molar refractivity (Wildman–Crippen MR) is 88.9 cm³/mol. The van der Waals surface area contributed by atoms with Crippen LogP contribution in [0.25, 0.3) is 10.9 Å². The lowest BCUT2D eigenvalue weighted by molar-refractivity contribution is 0.355. The van der Waals surface area contributed by atoms with Crippen LogP contribution in [0.4, 0.5) is 0 Å². The zero-order valence-corrected chi connectivity index (χ0v) is 13.5. The summed E-state index contributed by atoms with van der Waals surface area (Å²) in [5.41, 5.74) is 6.04. The molecule has 0 saturated heterocycles. The normalized spacial score (nSPS) is 11.7. The number of fused-ring (bicyclic) bond motifs is 1. The van der Waals surface area contributed by atoms with Crippen molar-refractivity contribution in [1.82, 2.24) is 9.97 Å². The van der Waals surface area contributed by atoms with Crippen molar-refractivity contribution in [3.8, 4) is 11.5 Å². The van der Waals surface area contributed by atoms with Crippen LogP contribution in [0.3, 0.4) is 0 Å². The molecule has 8 heteroatoms. The summed E-state index contributed by atoms with van der Waals surface area (Å²) in [6, 6.07) is 3.30. The third-order valence-corrected chi connectivity index (χ3v) is 3.77. The molecule has 1 heterocycles. The fraction of sp³-hybridized carbons (Fsp3) is 0.357. The monoisotopic (exact) mass is 322 g/mol. The first-order valence-electron chi connectivity index (χ1n) is 6.66. The van der Waals surface area contributed by atoms with Gasteiger partial charge < -0.3 is 20.2 Å². The first kappa shape index (κ1) is 16.2. The van der Waals surface area contributed by atoms with Gasteiger partial charge in [-0.2, -0.15) is 0 Å². The summed E-state index contributed by atoms with van der Waals surface area (Å²) in [4.78, 5) is 23.4. The molecule has 2 rings (SSSR count). The molecule has 0 aliphatic heterocycles. The fourth-order valence-electron chi connectivity index (χ4n) is 1.93. The topological polar surface area (TPSA) is 103 Å². The van der Waals surface area contributed by atoms with Crippen molar-refractivity contribution in [3.05, 3.63) is 28.3 Å². The van der Waals surface area contributed by atoms with Crippen LogP contribution in [0.15, 0.2) is 21.9 Å². The molecule has 118 valence electrons. The number of hydrogen-bond donors (Lipinski definition) is 2. The number of hydrogen-bond acceptors (Lipinski definition) is 6. The minimum atomic E-state index is -0.229. The van der Waals surface area contributed by atoms with Crippen LogP contribution < -0.4 is 20.8 Å². The molecule has 0 aliphatic rings. The summed E-state index contributed by atoms with van der Waals surface area (Å²) in [5, 5.41) is 0.916. The van der Waals surface area contributed by atoms with Crippen molar-refractivity contribution in [2.75, 3.05) is 20.8 Å². The van der Waals surface area contributed by atoms with Gasteiger partial charge in [-0.1, -0.05) is 11.8 Å². The number of aliphatic imine (C=N–C) groups is 1. The maximum atomic E-state index is 12.2. The number of nitrogens with one attached hydrogen (secondary N) is 1. The lowest BCUT2D eigenvalue weighted by atomic mass is 10.2. The Morgan fingerprint density at radius 2 is 2.05 bits per heavy atom. The molecule has 0 bridgehead atoms. The Morgan fingerprint density at radius 3 is 2.68 bits per heavy atom. The summed E-state index contributed by atoms with van der Waals surface area (Å²) < 4.78 is 10.4. The molecule has 7 nitrogen and oxygen atoms in total. The molecule has 2 aromatic rings. The van der Waals surface area contributed by atoms with E-state index in [4.69, 9.17) is 15.2 Å². The number of thioether (sulfide) groups is 1. The molecule has 0 fully saturated rings. The van der Waals surface area contributed by atoms with Crippen molar-refractivity contribution in [2.45, 2.75) is 12.7 Å². The third kappa shape index (κ3) is 3.51. The Hall–Kier alpha value is -2.22. The van der Waals surface area contributed by atoms with Gasteiger partial charge in [-0.05, 0) is 13.0 Å². The molecule has 0 amide bonds. The van der Waals surface area contributed by atoms with Crippen molar-refractivity contribution >= 4 is 27.8 Å². The van der Waals surface area contributed by atoms with E-state index in [1.807, 2.05) is 6.92 Å². The van der Waals surface area contributed by atoms with Crippen LogP contribution in [0.2, 0.25) is 0 Å². The second-order valence-electron chi connectivity index (χ2n) is 4.34. The zero-order chi connectivity index (χ0) is 16.1. The van der Waals surface area contributed by atoms with Gasteiger partial charge >= 0.3 is 0 Å². The number of methoxy groups -OCH3 is 2. The largest absolute Gasteiger partial charge is 0.493 e. The second-order valence-corrected chi connectivity index (χ2v) is 5.33. The summed E-state index contributed by atoms with van der Waals surface area (Å²) in [6.07, 6.45) is 0. The van der Waals surface area contributed by atoms with Gasteiger partial charge in [0.1, 0.15) is 5.82 Å². The van der Waals surface area contributed by atoms with Gasteiger partial charge in [0.2, 0.25) is 0 Å². The zero-order valence-electron chi connectivity index (χ0n) is 12.7. The number of amidine groups is 1. The Labute approximate surface area is 131 Å². The summed E-state index contributed by atoms with van der Waals surface area (Å²) in [7, 11) is 3.06. The van der Waals surface area contributed by atoms with Crippen molar-refractivity contribution in [3.63, 3.8) is 0 Å². The van der Waals surface area contributed by atoms with E-state index in [1.165, 1.54) is 26.0 Å². The molecule has 0 saturated carbocycles. The average molecular weight is 322 g/mol. The first-order chi connectivity index (χ1) is 10.6. The summed E-state index contributed by atoms with van der Waals surface area (Å²) in [5.74, 6) is 1.99. The number of H-pyrrole nitrogens is 1. The maximum Gasteiger partial charge on any atom is 0.258 e. The molecule has 0 spiro atoms. The van der Waals surface area contributed by atoms with Crippen LogP contribution >= 0.6 is 11.8 Å². The molecule has 3 N–H and O–H groups in total. The SMILES string of the molecule is CCN=C(N)SCc1nc2cc(OC)c(OC)cc2c(=O)[nH]1. The number of rotatable bonds is 5. The van der Waals surface area contributed by atoms with Crippen LogP contribution in [0.1, 0.15) is 12.7 Å². The van der Waals surface area contributed by atoms with E-state index in [0.717, 1.165) is 0 Å². The van der Waals surface area contributed by atoms with Gasteiger partial charge in [-0.25, -0.2) is 4.98 Å². The molecule has 1 aromatic heterocycles. The highest BCUT2D eigenvalue weighted by atomic mass is 32.2. The van der Waals surface area contributed by atoms with E-state index < -0.39 is 0 Å². The number of aromatic amines is 1. The van der Waals surface area contributed by atoms with E-state index in [0.29, 0.717) is 45.7 Å². The maximum absolute atomic E-state index is 12.2. The molecule has 0 radical (unpaired) electrons. The molecule has 22 heavy (non-hydrogen) atoms. The number of nitrogens with two attached hydrogens (primary N) is 1. The summed E-state index contributed by atoms with van der Waals surface area (Å²) in [6.45, 7) is 2.53. The van der Waals surface area contributed by atoms with Gasteiger partial charge in [-0.15, -0.1) is 0 Å². The Balaban J connectivity index is 2.39.